The van der Waals surface area contributed by atoms with Gasteiger partial charge in [0, 0.05) is 38.3 Å². The van der Waals surface area contributed by atoms with E-state index in [1.54, 1.807) is 11.4 Å². The minimum atomic E-state index is -3.22. The van der Waals surface area contributed by atoms with Gasteiger partial charge < -0.3 is 9.64 Å². The van der Waals surface area contributed by atoms with Crippen molar-refractivity contribution in [1.29, 1.82) is 0 Å². The molecular formula is C21H27N5O3S. The quantitative estimate of drug-likeness (QED) is 0.598. The molecule has 4 rings (SSSR count). The van der Waals surface area contributed by atoms with E-state index >= 15 is 0 Å². The Balaban J connectivity index is 1.68. The van der Waals surface area contributed by atoms with Crippen molar-refractivity contribution in [2.75, 3.05) is 44.5 Å². The Labute approximate surface area is 177 Å². The monoisotopic (exact) mass is 429 g/mol. The second kappa shape index (κ2) is 8.33. The number of piperazine rings is 1. The van der Waals surface area contributed by atoms with Gasteiger partial charge in [0.2, 0.25) is 16.0 Å². The summed E-state index contributed by atoms with van der Waals surface area (Å²) in [6, 6.07) is 14.4. The first kappa shape index (κ1) is 20.8. The van der Waals surface area contributed by atoms with Crippen LogP contribution in [0.2, 0.25) is 0 Å². The molecule has 0 spiro atoms. The van der Waals surface area contributed by atoms with Crippen LogP contribution in [0, 0.1) is 0 Å². The summed E-state index contributed by atoms with van der Waals surface area (Å²) < 4.78 is 32.9. The van der Waals surface area contributed by atoms with Crippen LogP contribution in [0.1, 0.15) is 6.92 Å². The number of methoxy groups -OCH3 is 1. The highest BCUT2D eigenvalue weighted by atomic mass is 32.2. The Morgan fingerprint density at radius 2 is 1.87 bits per heavy atom. The molecule has 2 heterocycles. The van der Waals surface area contributed by atoms with Gasteiger partial charge in [0.05, 0.1) is 19.4 Å². The first-order valence-electron chi connectivity index (χ1n) is 10.0. The number of aromatic nitrogens is 3. The van der Waals surface area contributed by atoms with Gasteiger partial charge in [-0.2, -0.15) is 4.31 Å². The first-order chi connectivity index (χ1) is 14.4. The average molecular weight is 430 g/mol. The summed E-state index contributed by atoms with van der Waals surface area (Å²) in [6.45, 7) is 4.64. The Kier molecular flexibility index (Phi) is 5.77. The molecule has 0 unspecified atom stereocenters. The first-order valence-corrected chi connectivity index (χ1v) is 11.9. The van der Waals surface area contributed by atoms with Crippen LogP contribution in [0.25, 0.3) is 22.2 Å². The molecule has 2 aromatic carbocycles. The lowest BCUT2D eigenvalue weighted by molar-refractivity contribution is 0.187. The highest BCUT2D eigenvalue weighted by Gasteiger charge is 2.32. The number of ether oxygens (including phenoxy) is 1. The zero-order valence-electron chi connectivity index (χ0n) is 17.5. The van der Waals surface area contributed by atoms with Gasteiger partial charge in [0.25, 0.3) is 0 Å². The van der Waals surface area contributed by atoms with Crippen LogP contribution in [0.4, 0.5) is 5.95 Å². The largest absolute Gasteiger partial charge is 0.383 e. The van der Waals surface area contributed by atoms with Gasteiger partial charge in [-0.05, 0) is 23.8 Å². The summed E-state index contributed by atoms with van der Waals surface area (Å²) in [4.78, 5) is 2.11. The van der Waals surface area contributed by atoms with Crippen LogP contribution in [0.5, 0.6) is 0 Å². The van der Waals surface area contributed by atoms with Crippen molar-refractivity contribution in [3.63, 3.8) is 0 Å². The molecule has 1 saturated heterocycles. The van der Waals surface area contributed by atoms with Crippen LogP contribution in [-0.2, 0) is 21.3 Å². The zero-order chi connectivity index (χ0) is 21.3. The lowest BCUT2D eigenvalue weighted by Crippen LogP contribution is -2.54. The number of sulfonamides is 1. The normalized spacial score (nSPS) is 18.2. The summed E-state index contributed by atoms with van der Waals surface area (Å²) in [5.74, 6) is 1.53. The predicted octanol–water partition coefficient (Wildman–Crippen LogP) is 2.21. The van der Waals surface area contributed by atoms with Gasteiger partial charge in [-0.15, -0.1) is 10.2 Å². The van der Waals surface area contributed by atoms with Gasteiger partial charge in [-0.3, -0.25) is 4.57 Å². The molecule has 30 heavy (non-hydrogen) atoms. The minimum absolute atomic E-state index is 0.134. The molecule has 0 N–H and O–H groups in total. The minimum Gasteiger partial charge on any atom is -0.383 e. The fourth-order valence-corrected chi connectivity index (χ4v) is 5.21. The van der Waals surface area contributed by atoms with Gasteiger partial charge in [-0.1, -0.05) is 36.4 Å². The molecule has 0 aliphatic carbocycles. The molecular weight excluding hydrogens is 402 g/mol. The zero-order valence-corrected chi connectivity index (χ0v) is 18.3. The van der Waals surface area contributed by atoms with E-state index in [0.29, 0.717) is 32.8 Å². The van der Waals surface area contributed by atoms with Crippen molar-refractivity contribution >= 4 is 26.7 Å². The number of nitrogens with zero attached hydrogens (tertiary/aromatic N) is 5. The summed E-state index contributed by atoms with van der Waals surface area (Å²) in [7, 11) is -1.55. The van der Waals surface area contributed by atoms with E-state index in [1.165, 1.54) is 11.6 Å². The van der Waals surface area contributed by atoms with Crippen LogP contribution in [0.15, 0.2) is 42.5 Å². The van der Waals surface area contributed by atoms with Gasteiger partial charge in [0.15, 0.2) is 5.82 Å². The van der Waals surface area contributed by atoms with E-state index in [9.17, 15) is 8.42 Å². The van der Waals surface area contributed by atoms with E-state index in [0.717, 1.165) is 22.7 Å². The molecule has 1 aromatic heterocycles. The molecule has 0 amide bonds. The number of fused-ring (bicyclic) bond motifs is 1. The third kappa shape index (κ3) is 4.05. The summed E-state index contributed by atoms with van der Waals surface area (Å²) in [6.07, 6.45) is 1.26. The number of hydrogen-bond donors (Lipinski definition) is 0. The standard InChI is InChI=1S/C21H27N5O3S/c1-16-15-24(10-11-26(16)30(3,27)28)21-23-22-20(25(21)12-13-29-2)19-9-8-17-6-4-5-7-18(17)14-19/h4-9,14,16H,10-13,15H2,1-3H3/t16-/m0/s1. The van der Waals surface area contributed by atoms with E-state index < -0.39 is 10.0 Å². The van der Waals surface area contributed by atoms with Crippen LogP contribution < -0.4 is 4.90 Å². The Hall–Kier alpha value is -2.49. The molecule has 1 aliphatic rings. The lowest BCUT2D eigenvalue weighted by Gasteiger charge is -2.38. The van der Waals surface area contributed by atoms with Crippen molar-refractivity contribution in [2.45, 2.75) is 19.5 Å². The second-order valence-electron chi connectivity index (χ2n) is 7.70. The summed E-state index contributed by atoms with van der Waals surface area (Å²) in [5, 5.41) is 11.3. The van der Waals surface area contributed by atoms with Crippen molar-refractivity contribution in [1.82, 2.24) is 19.1 Å². The van der Waals surface area contributed by atoms with Crippen LogP contribution in [0.3, 0.4) is 0 Å². The average Bonchev–Trinajstić information content (AvgIpc) is 3.14. The SMILES string of the molecule is COCCn1c(-c2ccc3ccccc3c2)nnc1N1CCN(S(C)(=O)=O)[C@@H](C)C1. The van der Waals surface area contributed by atoms with Crippen LogP contribution in [-0.4, -0.2) is 73.1 Å². The lowest BCUT2D eigenvalue weighted by atomic mass is 10.1. The third-order valence-electron chi connectivity index (χ3n) is 5.53. The number of anilines is 1. The Bertz CT molecular complexity index is 1140. The Morgan fingerprint density at radius 3 is 2.57 bits per heavy atom. The van der Waals surface area contributed by atoms with Gasteiger partial charge >= 0.3 is 0 Å². The molecule has 0 saturated carbocycles. The number of rotatable bonds is 6. The second-order valence-corrected chi connectivity index (χ2v) is 9.63. The molecule has 0 bridgehead atoms. The molecule has 160 valence electrons. The molecule has 1 atom stereocenters. The highest BCUT2D eigenvalue weighted by Crippen LogP contribution is 2.27. The summed E-state index contributed by atoms with van der Waals surface area (Å²) >= 11 is 0. The van der Waals surface area contributed by atoms with Crippen molar-refractivity contribution in [2.24, 2.45) is 0 Å². The third-order valence-corrected chi connectivity index (χ3v) is 6.93. The number of hydrogen-bond acceptors (Lipinski definition) is 6. The maximum absolute atomic E-state index is 12.0. The maximum atomic E-state index is 12.0. The van der Waals surface area contributed by atoms with Crippen molar-refractivity contribution in [3.05, 3.63) is 42.5 Å². The van der Waals surface area contributed by atoms with Gasteiger partial charge in [-0.25, -0.2) is 8.42 Å². The van der Waals surface area contributed by atoms with Crippen molar-refractivity contribution in [3.8, 4) is 11.4 Å². The highest BCUT2D eigenvalue weighted by molar-refractivity contribution is 7.88. The number of benzene rings is 2. The van der Waals surface area contributed by atoms with E-state index in [1.807, 2.05) is 19.1 Å². The smallest absolute Gasteiger partial charge is 0.227 e. The fraction of sp³-hybridized carbons (Fsp3) is 0.429. The molecule has 1 fully saturated rings. The van der Waals surface area contributed by atoms with Crippen molar-refractivity contribution < 1.29 is 13.2 Å². The Morgan fingerprint density at radius 1 is 1.10 bits per heavy atom. The topological polar surface area (TPSA) is 80.6 Å². The predicted molar refractivity (Wildman–Crippen MR) is 118 cm³/mol. The van der Waals surface area contributed by atoms with Crippen LogP contribution >= 0.6 is 0 Å². The molecule has 8 nitrogen and oxygen atoms in total. The fourth-order valence-electron chi connectivity index (χ4n) is 4.07. The van der Waals surface area contributed by atoms with E-state index in [-0.39, 0.29) is 6.04 Å². The molecule has 1 aliphatic heterocycles. The molecule has 0 radical (unpaired) electrons. The maximum Gasteiger partial charge on any atom is 0.227 e. The molecule has 9 heteroatoms. The van der Waals surface area contributed by atoms with Gasteiger partial charge in [0.1, 0.15) is 0 Å². The van der Waals surface area contributed by atoms with E-state index in [2.05, 4.69) is 50.0 Å². The molecule has 3 aromatic rings. The summed E-state index contributed by atoms with van der Waals surface area (Å²) in [5.41, 5.74) is 0.992. The van der Waals surface area contributed by atoms with E-state index in [4.69, 9.17) is 4.74 Å².